The molecule has 0 aromatic heterocycles. The number of rotatable bonds is 1. The van der Waals surface area contributed by atoms with Crippen LogP contribution < -0.4 is 0 Å². The van der Waals surface area contributed by atoms with Gasteiger partial charge < -0.3 is 14.9 Å². The van der Waals surface area contributed by atoms with E-state index in [0.29, 0.717) is 13.0 Å². The molecule has 58 valence electrons. The standard InChI is InChI=1S/C6H10O4/c7-4-1-2-10-5(3-4)6(8)9/h4-5,7H,1-3H2,(H,8,9)/t4-,5?/m0/s1. The minimum Gasteiger partial charge on any atom is -0.479 e. The van der Waals surface area contributed by atoms with Gasteiger partial charge in [-0.1, -0.05) is 0 Å². The van der Waals surface area contributed by atoms with E-state index < -0.39 is 18.2 Å². The van der Waals surface area contributed by atoms with E-state index in [4.69, 9.17) is 14.9 Å². The third-order valence-electron chi connectivity index (χ3n) is 1.53. The van der Waals surface area contributed by atoms with Crippen LogP contribution in [-0.2, 0) is 9.53 Å². The first-order valence-electron chi connectivity index (χ1n) is 3.22. The Morgan fingerprint density at radius 1 is 1.60 bits per heavy atom. The number of hydrogen-bond donors (Lipinski definition) is 2. The topological polar surface area (TPSA) is 66.8 Å². The average Bonchev–Trinajstić information content (AvgIpc) is 1.88. The highest BCUT2D eigenvalue weighted by molar-refractivity contribution is 5.72. The maximum Gasteiger partial charge on any atom is 0.332 e. The fourth-order valence-electron chi connectivity index (χ4n) is 0.951. The molecule has 1 fully saturated rings. The van der Waals surface area contributed by atoms with Gasteiger partial charge in [-0.25, -0.2) is 4.79 Å². The van der Waals surface area contributed by atoms with E-state index >= 15 is 0 Å². The van der Waals surface area contributed by atoms with Crippen LogP contribution in [0.3, 0.4) is 0 Å². The molecule has 1 aliphatic heterocycles. The molecule has 4 heteroatoms. The fraction of sp³-hybridized carbons (Fsp3) is 0.833. The van der Waals surface area contributed by atoms with Crippen molar-refractivity contribution in [3.8, 4) is 0 Å². The molecule has 0 aliphatic carbocycles. The zero-order valence-corrected chi connectivity index (χ0v) is 5.49. The van der Waals surface area contributed by atoms with Crippen molar-refractivity contribution >= 4 is 5.97 Å². The number of ether oxygens (including phenoxy) is 1. The molecule has 10 heavy (non-hydrogen) atoms. The van der Waals surface area contributed by atoms with Crippen LogP contribution in [0, 0.1) is 0 Å². The van der Waals surface area contributed by atoms with Gasteiger partial charge >= 0.3 is 5.97 Å². The second kappa shape index (κ2) is 2.98. The summed E-state index contributed by atoms with van der Waals surface area (Å²) >= 11 is 0. The SMILES string of the molecule is O=C(O)C1C[C@@H](O)CCO1. The third kappa shape index (κ3) is 1.68. The van der Waals surface area contributed by atoms with Crippen LogP contribution >= 0.6 is 0 Å². The van der Waals surface area contributed by atoms with Crippen LogP contribution in [-0.4, -0.2) is 35.0 Å². The van der Waals surface area contributed by atoms with E-state index in [1.807, 2.05) is 0 Å². The summed E-state index contributed by atoms with van der Waals surface area (Å²) in [6.45, 7) is 0.345. The Kier molecular flexibility index (Phi) is 2.24. The highest BCUT2D eigenvalue weighted by Gasteiger charge is 2.26. The van der Waals surface area contributed by atoms with E-state index in [1.54, 1.807) is 0 Å². The fourth-order valence-corrected chi connectivity index (χ4v) is 0.951. The quantitative estimate of drug-likeness (QED) is 0.528. The van der Waals surface area contributed by atoms with Crippen molar-refractivity contribution in [3.05, 3.63) is 0 Å². The smallest absolute Gasteiger partial charge is 0.332 e. The minimum atomic E-state index is -0.987. The summed E-state index contributed by atoms with van der Waals surface area (Å²) in [4.78, 5) is 10.3. The van der Waals surface area contributed by atoms with Gasteiger partial charge in [-0.15, -0.1) is 0 Å². The molecule has 0 bridgehead atoms. The number of aliphatic hydroxyl groups excluding tert-OH is 1. The highest BCUT2D eigenvalue weighted by Crippen LogP contribution is 2.13. The lowest BCUT2D eigenvalue weighted by molar-refractivity contribution is -0.157. The molecule has 0 amide bonds. The molecule has 0 aromatic rings. The number of carbonyl (C=O) groups is 1. The normalized spacial score (nSPS) is 33.7. The van der Waals surface area contributed by atoms with Crippen LogP contribution in [0.4, 0.5) is 0 Å². The molecule has 0 radical (unpaired) electrons. The van der Waals surface area contributed by atoms with Gasteiger partial charge in [0.25, 0.3) is 0 Å². The van der Waals surface area contributed by atoms with Crippen LogP contribution in [0.1, 0.15) is 12.8 Å². The van der Waals surface area contributed by atoms with Gasteiger partial charge in [-0.05, 0) is 6.42 Å². The highest BCUT2D eigenvalue weighted by atomic mass is 16.5. The molecule has 2 N–H and O–H groups in total. The molecular weight excluding hydrogens is 136 g/mol. The van der Waals surface area contributed by atoms with Gasteiger partial charge in [0.15, 0.2) is 6.10 Å². The molecule has 0 saturated carbocycles. The molecule has 4 nitrogen and oxygen atoms in total. The predicted molar refractivity (Wildman–Crippen MR) is 32.6 cm³/mol. The predicted octanol–water partition coefficient (Wildman–Crippen LogP) is -0.389. The van der Waals surface area contributed by atoms with E-state index in [9.17, 15) is 4.79 Å². The number of carboxylic acids is 1. The largest absolute Gasteiger partial charge is 0.479 e. The molecule has 0 spiro atoms. The summed E-state index contributed by atoms with van der Waals surface area (Å²) in [5.41, 5.74) is 0. The summed E-state index contributed by atoms with van der Waals surface area (Å²) in [6.07, 6.45) is -0.544. The summed E-state index contributed by atoms with van der Waals surface area (Å²) in [6, 6.07) is 0. The van der Waals surface area contributed by atoms with Crippen molar-refractivity contribution < 1.29 is 19.7 Å². The monoisotopic (exact) mass is 146 g/mol. The Labute approximate surface area is 58.4 Å². The Bertz CT molecular complexity index is 134. The van der Waals surface area contributed by atoms with Crippen molar-refractivity contribution in [1.82, 2.24) is 0 Å². The lowest BCUT2D eigenvalue weighted by Crippen LogP contribution is -2.34. The van der Waals surface area contributed by atoms with Crippen molar-refractivity contribution in [3.63, 3.8) is 0 Å². The summed E-state index contributed by atoms with van der Waals surface area (Å²) in [7, 11) is 0. The zero-order valence-electron chi connectivity index (χ0n) is 5.49. The van der Waals surface area contributed by atoms with Crippen LogP contribution in [0.15, 0.2) is 0 Å². The maximum absolute atomic E-state index is 10.3. The first-order chi connectivity index (χ1) is 4.70. The van der Waals surface area contributed by atoms with Crippen molar-refractivity contribution in [2.45, 2.75) is 25.0 Å². The van der Waals surface area contributed by atoms with Crippen molar-refractivity contribution in [2.24, 2.45) is 0 Å². The molecule has 0 aromatic carbocycles. The number of hydrogen-bond acceptors (Lipinski definition) is 3. The Morgan fingerprint density at radius 3 is 2.70 bits per heavy atom. The number of carboxylic acid groups (broad SMARTS) is 1. The lowest BCUT2D eigenvalue weighted by atomic mass is 10.1. The second-order valence-electron chi connectivity index (χ2n) is 2.38. The zero-order chi connectivity index (χ0) is 7.56. The second-order valence-corrected chi connectivity index (χ2v) is 2.38. The van der Waals surface area contributed by atoms with Gasteiger partial charge in [0.2, 0.25) is 0 Å². The molecule has 1 rings (SSSR count). The number of aliphatic carboxylic acids is 1. The minimum absolute atomic E-state index is 0.218. The Balaban J connectivity index is 2.39. The number of aliphatic hydroxyl groups is 1. The Hall–Kier alpha value is -0.610. The maximum atomic E-state index is 10.3. The third-order valence-corrected chi connectivity index (χ3v) is 1.53. The average molecular weight is 146 g/mol. The van der Waals surface area contributed by atoms with E-state index in [1.165, 1.54) is 0 Å². The molecule has 1 aliphatic rings. The van der Waals surface area contributed by atoms with Gasteiger partial charge in [-0.3, -0.25) is 0 Å². The van der Waals surface area contributed by atoms with E-state index in [-0.39, 0.29) is 6.42 Å². The summed E-state index contributed by atoms with van der Waals surface area (Å²) in [5, 5.41) is 17.4. The van der Waals surface area contributed by atoms with Crippen LogP contribution in [0.25, 0.3) is 0 Å². The summed E-state index contributed by atoms with van der Waals surface area (Å²) in [5.74, 6) is -0.987. The van der Waals surface area contributed by atoms with E-state index in [0.717, 1.165) is 0 Å². The molecule has 1 unspecified atom stereocenters. The molecule has 1 heterocycles. The van der Waals surface area contributed by atoms with Crippen molar-refractivity contribution in [1.29, 1.82) is 0 Å². The van der Waals surface area contributed by atoms with Gasteiger partial charge in [-0.2, -0.15) is 0 Å². The molecule has 1 saturated heterocycles. The van der Waals surface area contributed by atoms with E-state index in [2.05, 4.69) is 0 Å². The van der Waals surface area contributed by atoms with Gasteiger partial charge in [0.1, 0.15) is 0 Å². The van der Waals surface area contributed by atoms with Gasteiger partial charge in [0, 0.05) is 6.42 Å². The lowest BCUT2D eigenvalue weighted by Gasteiger charge is -2.22. The van der Waals surface area contributed by atoms with Crippen LogP contribution in [0.5, 0.6) is 0 Å². The molecule has 2 atom stereocenters. The first kappa shape index (κ1) is 7.50. The summed E-state index contributed by atoms with van der Waals surface area (Å²) < 4.78 is 4.85. The molecular formula is C6H10O4. The van der Waals surface area contributed by atoms with Gasteiger partial charge in [0.05, 0.1) is 12.7 Å². The Morgan fingerprint density at radius 2 is 2.30 bits per heavy atom. The van der Waals surface area contributed by atoms with Crippen molar-refractivity contribution in [2.75, 3.05) is 6.61 Å². The first-order valence-corrected chi connectivity index (χ1v) is 3.22. The van der Waals surface area contributed by atoms with Crippen LogP contribution in [0.2, 0.25) is 0 Å².